The standard InChI is InChI=1S/C18H23F3N4O2S/c1-22-17(24-10-8-16-25-15(12-28-16)18(19,20)21)23-9-3-11-27-14-6-4-13(26-2)5-7-14/h4-7,12H,3,8-11H2,1-2H3,(H2,22,23,24). The first-order valence-corrected chi connectivity index (χ1v) is 9.53. The Kier molecular flexibility index (Phi) is 8.37. The summed E-state index contributed by atoms with van der Waals surface area (Å²) >= 11 is 1.00. The molecule has 2 rings (SSSR count). The van der Waals surface area contributed by atoms with Crippen molar-refractivity contribution in [2.24, 2.45) is 4.99 Å². The number of halogens is 3. The fourth-order valence-corrected chi connectivity index (χ4v) is 3.01. The molecule has 1 aromatic heterocycles. The number of alkyl halides is 3. The van der Waals surface area contributed by atoms with Crippen molar-refractivity contribution in [1.29, 1.82) is 0 Å². The minimum Gasteiger partial charge on any atom is -0.497 e. The molecule has 0 atom stereocenters. The van der Waals surface area contributed by atoms with E-state index in [2.05, 4.69) is 20.6 Å². The van der Waals surface area contributed by atoms with E-state index in [0.29, 0.717) is 37.1 Å². The topological polar surface area (TPSA) is 67.8 Å². The lowest BCUT2D eigenvalue weighted by atomic mass is 10.3. The quantitative estimate of drug-likeness (QED) is 0.373. The summed E-state index contributed by atoms with van der Waals surface area (Å²) in [6.45, 7) is 1.62. The molecular formula is C18H23F3N4O2S. The van der Waals surface area contributed by atoms with Crippen LogP contribution in [0.15, 0.2) is 34.6 Å². The van der Waals surface area contributed by atoms with Gasteiger partial charge in [0.05, 0.1) is 18.7 Å². The van der Waals surface area contributed by atoms with Crippen molar-refractivity contribution in [3.63, 3.8) is 0 Å². The van der Waals surface area contributed by atoms with Crippen LogP contribution >= 0.6 is 11.3 Å². The molecule has 154 valence electrons. The SMILES string of the molecule is CN=C(NCCCOc1ccc(OC)cc1)NCCc1nc(C(F)(F)F)cs1. The van der Waals surface area contributed by atoms with Crippen molar-refractivity contribution in [3.05, 3.63) is 40.3 Å². The lowest BCUT2D eigenvalue weighted by molar-refractivity contribution is -0.140. The van der Waals surface area contributed by atoms with Crippen molar-refractivity contribution >= 4 is 17.3 Å². The highest BCUT2D eigenvalue weighted by Crippen LogP contribution is 2.30. The van der Waals surface area contributed by atoms with Crippen molar-refractivity contribution in [2.45, 2.75) is 19.0 Å². The minimum atomic E-state index is -4.40. The van der Waals surface area contributed by atoms with E-state index in [9.17, 15) is 13.2 Å². The second-order valence-electron chi connectivity index (χ2n) is 5.68. The second-order valence-corrected chi connectivity index (χ2v) is 6.62. The van der Waals surface area contributed by atoms with E-state index in [0.717, 1.165) is 34.6 Å². The Labute approximate surface area is 165 Å². The number of hydrogen-bond donors (Lipinski definition) is 2. The van der Waals surface area contributed by atoms with Crippen molar-refractivity contribution in [2.75, 3.05) is 33.9 Å². The van der Waals surface area contributed by atoms with Crippen LogP contribution in [0.25, 0.3) is 0 Å². The van der Waals surface area contributed by atoms with Gasteiger partial charge >= 0.3 is 6.18 Å². The fraction of sp³-hybridized carbons (Fsp3) is 0.444. The summed E-state index contributed by atoms with van der Waals surface area (Å²) in [6, 6.07) is 7.35. The van der Waals surface area contributed by atoms with Gasteiger partial charge in [-0.1, -0.05) is 0 Å². The smallest absolute Gasteiger partial charge is 0.434 e. The molecule has 0 bridgehead atoms. The molecule has 28 heavy (non-hydrogen) atoms. The molecule has 0 fully saturated rings. The van der Waals surface area contributed by atoms with Gasteiger partial charge in [0, 0.05) is 31.9 Å². The fourth-order valence-electron chi connectivity index (χ4n) is 2.21. The van der Waals surface area contributed by atoms with E-state index in [1.165, 1.54) is 0 Å². The van der Waals surface area contributed by atoms with Gasteiger partial charge in [-0.25, -0.2) is 4.98 Å². The summed E-state index contributed by atoms with van der Waals surface area (Å²) in [4.78, 5) is 7.68. The Morgan fingerprint density at radius 2 is 1.82 bits per heavy atom. The average Bonchev–Trinajstić information content (AvgIpc) is 3.16. The van der Waals surface area contributed by atoms with Gasteiger partial charge in [-0.05, 0) is 30.7 Å². The monoisotopic (exact) mass is 416 g/mol. The van der Waals surface area contributed by atoms with E-state index in [-0.39, 0.29) is 0 Å². The van der Waals surface area contributed by atoms with E-state index in [1.54, 1.807) is 14.2 Å². The van der Waals surface area contributed by atoms with E-state index >= 15 is 0 Å². The van der Waals surface area contributed by atoms with Gasteiger partial charge in [-0.2, -0.15) is 13.2 Å². The third-order valence-electron chi connectivity index (χ3n) is 3.64. The molecule has 0 saturated carbocycles. The van der Waals surface area contributed by atoms with Crippen LogP contribution in [0, 0.1) is 0 Å². The first-order valence-electron chi connectivity index (χ1n) is 8.65. The van der Waals surface area contributed by atoms with Gasteiger partial charge in [0.1, 0.15) is 11.5 Å². The highest BCUT2D eigenvalue weighted by Gasteiger charge is 2.33. The highest BCUT2D eigenvalue weighted by atomic mass is 32.1. The zero-order valence-electron chi connectivity index (χ0n) is 15.7. The van der Waals surface area contributed by atoms with Crippen LogP contribution in [0.3, 0.4) is 0 Å². The number of aromatic nitrogens is 1. The molecule has 0 amide bonds. The Bertz CT molecular complexity index is 748. The number of ether oxygens (including phenoxy) is 2. The maximum atomic E-state index is 12.5. The van der Waals surface area contributed by atoms with Crippen LogP contribution in [0.2, 0.25) is 0 Å². The van der Waals surface area contributed by atoms with E-state index < -0.39 is 11.9 Å². The predicted octanol–water partition coefficient (Wildman–Crippen LogP) is 3.35. The van der Waals surface area contributed by atoms with Crippen molar-refractivity contribution in [1.82, 2.24) is 15.6 Å². The molecule has 0 saturated heterocycles. The number of thiazole rings is 1. The summed E-state index contributed by atoms with van der Waals surface area (Å²) in [5, 5.41) is 7.65. The Morgan fingerprint density at radius 1 is 1.14 bits per heavy atom. The Balaban J connectivity index is 1.61. The predicted molar refractivity (Wildman–Crippen MR) is 103 cm³/mol. The molecule has 10 heteroatoms. The molecule has 0 spiro atoms. The second kappa shape index (κ2) is 10.7. The summed E-state index contributed by atoms with van der Waals surface area (Å²) in [6.07, 6.45) is -3.25. The van der Waals surface area contributed by atoms with Crippen LogP contribution in [0.4, 0.5) is 13.2 Å². The molecular weight excluding hydrogens is 393 g/mol. The van der Waals surface area contributed by atoms with E-state index in [1.807, 2.05) is 24.3 Å². The number of nitrogens with one attached hydrogen (secondary N) is 2. The largest absolute Gasteiger partial charge is 0.497 e. The number of methoxy groups -OCH3 is 1. The molecule has 0 aliphatic carbocycles. The first kappa shape index (κ1) is 21.8. The van der Waals surface area contributed by atoms with Gasteiger partial charge in [-0.3, -0.25) is 4.99 Å². The van der Waals surface area contributed by atoms with Crippen molar-refractivity contribution in [3.8, 4) is 11.5 Å². The van der Waals surface area contributed by atoms with Gasteiger partial charge in [0.15, 0.2) is 11.7 Å². The maximum absolute atomic E-state index is 12.5. The minimum absolute atomic E-state index is 0.391. The maximum Gasteiger partial charge on any atom is 0.434 e. The van der Waals surface area contributed by atoms with Crippen LogP contribution in [0.1, 0.15) is 17.1 Å². The number of nitrogens with zero attached hydrogens (tertiary/aromatic N) is 2. The molecule has 0 radical (unpaired) electrons. The number of aliphatic imine (C=N–C) groups is 1. The van der Waals surface area contributed by atoms with E-state index in [4.69, 9.17) is 9.47 Å². The zero-order valence-corrected chi connectivity index (χ0v) is 16.5. The average molecular weight is 416 g/mol. The lowest BCUT2D eigenvalue weighted by Crippen LogP contribution is -2.39. The van der Waals surface area contributed by atoms with Crippen LogP contribution < -0.4 is 20.1 Å². The molecule has 0 aliphatic rings. The molecule has 2 N–H and O–H groups in total. The van der Waals surface area contributed by atoms with Gasteiger partial charge in [0.2, 0.25) is 0 Å². The molecule has 1 aromatic carbocycles. The van der Waals surface area contributed by atoms with Crippen molar-refractivity contribution < 1.29 is 22.6 Å². The number of benzene rings is 1. The number of hydrogen-bond acceptors (Lipinski definition) is 5. The molecule has 1 heterocycles. The van der Waals surface area contributed by atoms with Gasteiger partial charge < -0.3 is 20.1 Å². The van der Waals surface area contributed by atoms with Crippen LogP contribution in [-0.2, 0) is 12.6 Å². The third-order valence-corrected chi connectivity index (χ3v) is 4.55. The van der Waals surface area contributed by atoms with Gasteiger partial charge in [0.25, 0.3) is 0 Å². The lowest BCUT2D eigenvalue weighted by Gasteiger charge is -2.12. The van der Waals surface area contributed by atoms with Crippen LogP contribution in [-0.4, -0.2) is 44.8 Å². The van der Waals surface area contributed by atoms with Gasteiger partial charge in [-0.15, -0.1) is 11.3 Å². The molecule has 6 nitrogen and oxygen atoms in total. The molecule has 0 unspecified atom stereocenters. The van der Waals surface area contributed by atoms with Crippen LogP contribution in [0.5, 0.6) is 11.5 Å². The summed E-state index contributed by atoms with van der Waals surface area (Å²) in [7, 11) is 3.24. The Morgan fingerprint density at radius 3 is 2.43 bits per heavy atom. The number of rotatable bonds is 9. The summed E-state index contributed by atoms with van der Waals surface area (Å²) in [5.41, 5.74) is -0.841. The molecule has 2 aromatic rings. The first-order chi connectivity index (χ1) is 13.4. The number of guanidine groups is 1. The zero-order chi connectivity index (χ0) is 20.4. The third kappa shape index (κ3) is 7.26. The summed E-state index contributed by atoms with van der Waals surface area (Å²) < 4.78 is 48.3. The highest BCUT2D eigenvalue weighted by molar-refractivity contribution is 7.09. The summed E-state index contributed by atoms with van der Waals surface area (Å²) in [5.74, 6) is 2.12. The molecule has 0 aliphatic heterocycles. The normalized spacial score (nSPS) is 12.0. The Hall–Kier alpha value is -2.49.